The van der Waals surface area contributed by atoms with E-state index in [1.807, 2.05) is 6.92 Å². The molecule has 184 valence electrons. The normalized spacial score (nSPS) is 27.3. The third-order valence-electron chi connectivity index (χ3n) is 6.80. The number of carbonyl (C=O) groups excluding carboxylic acids is 1. The van der Waals surface area contributed by atoms with Gasteiger partial charge in [-0.3, -0.25) is 14.6 Å². The Kier molecular flexibility index (Phi) is 13.2. The molecule has 3 aliphatic rings. The number of likely N-dealkylation sites (tertiary alicyclic amines) is 2. The summed E-state index contributed by atoms with van der Waals surface area (Å²) in [5.74, 6) is -0.00584. The number of carbonyl (C=O) groups is 1. The zero-order valence-corrected chi connectivity index (χ0v) is 21.0. The molecule has 2 aliphatic heterocycles. The molecule has 31 heavy (non-hydrogen) atoms. The third-order valence-corrected chi connectivity index (χ3v) is 6.80. The summed E-state index contributed by atoms with van der Waals surface area (Å²) in [7, 11) is 3.55. The number of nitrogens with zero attached hydrogens (tertiary/aromatic N) is 2. The number of halogens is 2. The highest BCUT2D eigenvalue weighted by Gasteiger charge is 2.47. The summed E-state index contributed by atoms with van der Waals surface area (Å²) in [4.78, 5) is 17.1. The van der Waals surface area contributed by atoms with Crippen molar-refractivity contribution in [3.8, 4) is 0 Å². The molecule has 0 spiro atoms. The number of methoxy groups -OCH3 is 2. The van der Waals surface area contributed by atoms with Crippen LogP contribution in [0.1, 0.15) is 58.3 Å². The summed E-state index contributed by atoms with van der Waals surface area (Å²) in [6, 6.07) is 0. The first-order valence-electron chi connectivity index (χ1n) is 11.4. The highest BCUT2D eigenvalue weighted by Crippen LogP contribution is 2.36. The van der Waals surface area contributed by atoms with Crippen LogP contribution in [0.3, 0.4) is 0 Å². The smallest absolute Gasteiger partial charge is 0.308 e. The molecule has 0 aromatic carbocycles. The Hall–Kier alpha value is -0.150. The maximum absolute atomic E-state index is 12.1. The van der Waals surface area contributed by atoms with Crippen LogP contribution in [-0.4, -0.2) is 87.4 Å². The van der Waals surface area contributed by atoms with Gasteiger partial charge in [-0.05, 0) is 58.3 Å². The molecule has 2 heterocycles. The van der Waals surface area contributed by atoms with Gasteiger partial charge < -0.3 is 18.9 Å². The van der Waals surface area contributed by atoms with Crippen molar-refractivity contribution in [1.29, 1.82) is 0 Å². The Labute approximate surface area is 200 Å². The molecular weight excluding hydrogens is 443 g/mol. The van der Waals surface area contributed by atoms with Crippen molar-refractivity contribution in [2.24, 2.45) is 5.92 Å². The number of rotatable bonds is 10. The molecule has 0 N–H and O–H groups in total. The molecule has 7 nitrogen and oxygen atoms in total. The fraction of sp³-hybridized carbons (Fsp3) is 0.955. The molecule has 1 unspecified atom stereocenters. The van der Waals surface area contributed by atoms with Crippen molar-refractivity contribution < 1.29 is 23.7 Å². The van der Waals surface area contributed by atoms with Crippen molar-refractivity contribution in [2.75, 3.05) is 53.7 Å². The van der Waals surface area contributed by atoms with Crippen LogP contribution in [0.2, 0.25) is 0 Å². The van der Waals surface area contributed by atoms with E-state index in [-0.39, 0.29) is 54.7 Å². The second kappa shape index (κ2) is 14.2. The average Bonchev–Trinajstić information content (AvgIpc) is 3.38. The van der Waals surface area contributed by atoms with E-state index in [9.17, 15) is 4.79 Å². The van der Waals surface area contributed by atoms with E-state index >= 15 is 0 Å². The summed E-state index contributed by atoms with van der Waals surface area (Å²) < 4.78 is 23.3. The van der Waals surface area contributed by atoms with Gasteiger partial charge in [0.1, 0.15) is 0 Å². The van der Waals surface area contributed by atoms with Crippen LogP contribution in [0, 0.1) is 5.92 Å². The van der Waals surface area contributed by atoms with Crippen LogP contribution in [0.5, 0.6) is 0 Å². The number of esters is 1. The van der Waals surface area contributed by atoms with E-state index in [0.717, 1.165) is 58.2 Å². The van der Waals surface area contributed by atoms with Crippen molar-refractivity contribution in [3.63, 3.8) is 0 Å². The van der Waals surface area contributed by atoms with Gasteiger partial charge in [0.2, 0.25) is 0 Å². The Morgan fingerprint density at radius 1 is 0.968 bits per heavy atom. The molecule has 1 saturated carbocycles. The van der Waals surface area contributed by atoms with Gasteiger partial charge in [0.05, 0.1) is 37.4 Å². The minimum Gasteiger partial charge on any atom is -0.466 e. The average molecular weight is 485 g/mol. The number of hydrogen-bond acceptors (Lipinski definition) is 7. The van der Waals surface area contributed by atoms with Gasteiger partial charge in [0.25, 0.3) is 0 Å². The molecule has 0 amide bonds. The fourth-order valence-electron chi connectivity index (χ4n) is 5.38. The highest BCUT2D eigenvalue weighted by atomic mass is 35.5. The maximum Gasteiger partial charge on any atom is 0.308 e. The summed E-state index contributed by atoms with van der Waals surface area (Å²) in [5.41, 5.74) is -0.126. The molecule has 1 aliphatic carbocycles. The molecule has 3 rings (SSSR count). The predicted octanol–water partition coefficient (Wildman–Crippen LogP) is 3.48. The van der Waals surface area contributed by atoms with Gasteiger partial charge in [-0.2, -0.15) is 0 Å². The maximum atomic E-state index is 12.1. The first kappa shape index (κ1) is 28.9. The highest BCUT2D eigenvalue weighted by molar-refractivity contribution is 5.85. The largest absolute Gasteiger partial charge is 0.466 e. The van der Waals surface area contributed by atoms with E-state index in [2.05, 4.69) is 9.80 Å². The van der Waals surface area contributed by atoms with Gasteiger partial charge in [0, 0.05) is 33.9 Å². The zero-order chi connectivity index (χ0) is 20.7. The topological polar surface area (TPSA) is 60.5 Å². The Bertz CT molecular complexity index is 508. The molecule has 0 radical (unpaired) electrons. The van der Waals surface area contributed by atoms with Crippen molar-refractivity contribution in [2.45, 2.75) is 76.3 Å². The van der Waals surface area contributed by atoms with Gasteiger partial charge in [-0.25, -0.2) is 0 Å². The SMILES string of the molecule is CCOC(=O)C1CCC(OC(N2CCCC2)N2CCCC2(COC)COC)CC1.Cl.Cl. The van der Waals surface area contributed by atoms with Crippen molar-refractivity contribution >= 4 is 30.8 Å². The van der Waals surface area contributed by atoms with Gasteiger partial charge in [-0.15, -0.1) is 24.8 Å². The van der Waals surface area contributed by atoms with Crippen LogP contribution in [0.25, 0.3) is 0 Å². The van der Waals surface area contributed by atoms with Crippen molar-refractivity contribution in [3.05, 3.63) is 0 Å². The van der Waals surface area contributed by atoms with Gasteiger partial charge >= 0.3 is 5.97 Å². The predicted molar refractivity (Wildman–Crippen MR) is 125 cm³/mol. The van der Waals surface area contributed by atoms with Crippen LogP contribution < -0.4 is 0 Å². The molecular formula is C22H42Cl2N2O5. The fourth-order valence-corrected chi connectivity index (χ4v) is 5.38. The molecule has 2 saturated heterocycles. The molecule has 0 bridgehead atoms. The summed E-state index contributed by atoms with van der Waals surface area (Å²) in [5, 5.41) is 0. The quantitative estimate of drug-likeness (QED) is 0.439. The third kappa shape index (κ3) is 7.16. The van der Waals surface area contributed by atoms with Gasteiger partial charge in [0.15, 0.2) is 6.35 Å². The standard InChI is InChI=1S/C22H40N2O5.2ClH/c1-4-28-20(25)18-8-10-19(11-9-18)29-21(23-13-5-6-14-23)24-15-7-12-22(24,16-26-2)17-27-3;;/h18-19,21H,4-17H2,1-3H3;2*1H. The molecule has 0 aromatic rings. The minimum atomic E-state index is -0.126. The van der Waals surface area contributed by atoms with E-state index in [1.165, 1.54) is 12.8 Å². The number of ether oxygens (including phenoxy) is 4. The molecule has 0 aromatic heterocycles. The lowest BCUT2D eigenvalue weighted by Crippen LogP contribution is -2.61. The molecule has 3 fully saturated rings. The van der Waals surface area contributed by atoms with Crippen LogP contribution in [0.4, 0.5) is 0 Å². The lowest BCUT2D eigenvalue weighted by molar-refractivity contribution is -0.214. The lowest BCUT2D eigenvalue weighted by atomic mass is 9.87. The van der Waals surface area contributed by atoms with Crippen LogP contribution >= 0.6 is 24.8 Å². The first-order chi connectivity index (χ1) is 14.1. The first-order valence-corrected chi connectivity index (χ1v) is 11.4. The van der Waals surface area contributed by atoms with E-state index < -0.39 is 0 Å². The van der Waals surface area contributed by atoms with Gasteiger partial charge in [-0.1, -0.05) is 0 Å². The zero-order valence-electron chi connectivity index (χ0n) is 19.4. The van der Waals surface area contributed by atoms with Crippen molar-refractivity contribution in [1.82, 2.24) is 9.80 Å². The lowest BCUT2D eigenvalue weighted by Gasteiger charge is -2.46. The second-order valence-corrected chi connectivity index (χ2v) is 8.82. The van der Waals surface area contributed by atoms with Crippen LogP contribution in [0.15, 0.2) is 0 Å². The molecule has 9 heteroatoms. The molecule has 1 atom stereocenters. The summed E-state index contributed by atoms with van der Waals surface area (Å²) in [6.07, 6.45) is 8.37. The van der Waals surface area contributed by atoms with Crippen LogP contribution in [-0.2, 0) is 23.7 Å². The summed E-state index contributed by atoms with van der Waals surface area (Å²) >= 11 is 0. The Morgan fingerprint density at radius 3 is 2.13 bits per heavy atom. The summed E-state index contributed by atoms with van der Waals surface area (Å²) in [6.45, 7) is 6.81. The monoisotopic (exact) mass is 484 g/mol. The van der Waals surface area contributed by atoms with E-state index in [4.69, 9.17) is 18.9 Å². The number of hydrogen-bond donors (Lipinski definition) is 0. The van der Waals surface area contributed by atoms with E-state index in [1.54, 1.807) is 14.2 Å². The Morgan fingerprint density at radius 2 is 1.58 bits per heavy atom. The van der Waals surface area contributed by atoms with E-state index in [0.29, 0.717) is 19.8 Å². The second-order valence-electron chi connectivity index (χ2n) is 8.82. The Balaban J connectivity index is 0.00000240. The minimum absolute atomic E-state index is 0.